The first-order valence-corrected chi connectivity index (χ1v) is 7.57. The number of imidazole rings is 1. The van der Waals surface area contributed by atoms with E-state index >= 15 is 0 Å². The van der Waals surface area contributed by atoms with Crippen molar-refractivity contribution in [2.45, 2.75) is 45.1 Å². The summed E-state index contributed by atoms with van der Waals surface area (Å²) in [5.74, 6) is 2.33. The minimum Gasteiger partial charge on any atom is -0.497 e. The summed E-state index contributed by atoms with van der Waals surface area (Å²) in [6, 6.07) is 5.93. The molecule has 1 aromatic heterocycles. The van der Waals surface area contributed by atoms with Gasteiger partial charge in [0, 0.05) is 12.6 Å². The average Bonchev–Trinajstić information content (AvgIpc) is 2.80. The molecule has 0 bridgehead atoms. The summed E-state index contributed by atoms with van der Waals surface area (Å²) in [7, 11) is 1.69. The fourth-order valence-electron chi connectivity index (χ4n) is 3.27. The summed E-state index contributed by atoms with van der Waals surface area (Å²) >= 11 is 0. The number of ether oxygens (including phenoxy) is 1. The number of hydrogen-bond acceptors (Lipinski definition) is 3. The van der Waals surface area contributed by atoms with E-state index < -0.39 is 0 Å². The normalized spacial score (nSPS) is 16.6. The molecule has 0 saturated heterocycles. The molecule has 1 fully saturated rings. The Kier molecular flexibility index (Phi) is 3.81. The first-order valence-electron chi connectivity index (χ1n) is 7.57. The molecule has 0 amide bonds. The average molecular weight is 273 g/mol. The lowest BCUT2D eigenvalue weighted by Crippen LogP contribution is -2.11. The molecule has 2 aromatic rings. The molecule has 20 heavy (non-hydrogen) atoms. The number of methoxy groups -OCH3 is 1. The Labute approximate surface area is 119 Å². The largest absolute Gasteiger partial charge is 0.497 e. The third-order valence-electron chi connectivity index (χ3n) is 4.47. The summed E-state index contributed by atoms with van der Waals surface area (Å²) in [4.78, 5) is 4.44. The van der Waals surface area contributed by atoms with E-state index in [0.29, 0.717) is 5.95 Å². The number of hydrogen-bond donors (Lipinski definition) is 1. The lowest BCUT2D eigenvalue weighted by molar-refractivity contribution is 0.326. The number of nitrogens with zero attached hydrogens (tertiary/aromatic N) is 2. The molecule has 0 radical (unpaired) electrons. The molecule has 1 heterocycles. The van der Waals surface area contributed by atoms with Gasteiger partial charge in [0.05, 0.1) is 18.1 Å². The van der Waals surface area contributed by atoms with Crippen molar-refractivity contribution in [3.63, 3.8) is 0 Å². The molecule has 1 aliphatic carbocycles. The van der Waals surface area contributed by atoms with Gasteiger partial charge >= 0.3 is 0 Å². The highest BCUT2D eigenvalue weighted by molar-refractivity contribution is 5.79. The lowest BCUT2D eigenvalue weighted by Gasteiger charge is -2.21. The maximum absolute atomic E-state index is 6.07. The van der Waals surface area contributed by atoms with Gasteiger partial charge in [-0.2, -0.15) is 0 Å². The van der Waals surface area contributed by atoms with Gasteiger partial charge in [-0.15, -0.1) is 0 Å². The van der Waals surface area contributed by atoms with E-state index in [1.54, 1.807) is 7.11 Å². The number of benzene rings is 1. The monoisotopic (exact) mass is 273 g/mol. The zero-order valence-corrected chi connectivity index (χ0v) is 12.1. The molecule has 0 aliphatic heterocycles. The second-order valence-corrected chi connectivity index (χ2v) is 5.77. The Balaban J connectivity index is 1.80. The summed E-state index contributed by atoms with van der Waals surface area (Å²) < 4.78 is 7.43. The minimum absolute atomic E-state index is 0.615. The third-order valence-corrected chi connectivity index (χ3v) is 4.47. The van der Waals surface area contributed by atoms with E-state index in [9.17, 15) is 0 Å². The van der Waals surface area contributed by atoms with E-state index in [1.807, 2.05) is 18.2 Å². The van der Waals surface area contributed by atoms with Gasteiger partial charge in [0.15, 0.2) is 0 Å². The van der Waals surface area contributed by atoms with Crippen LogP contribution in [0.5, 0.6) is 5.75 Å². The number of rotatable bonds is 4. The van der Waals surface area contributed by atoms with Crippen LogP contribution in [0.2, 0.25) is 0 Å². The Morgan fingerprint density at radius 1 is 1.30 bits per heavy atom. The summed E-state index contributed by atoms with van der Waals surface area (Å²) in [6.07, 6.45) is 8.12. The van der Waals surface area contributed by atoms with Crippen molar-refractivity contribution in [3.8, 4) is 5.75 Å². The maximum atomic E-state index is 6.07. The van der Waals surface area contributed by atoms with E-state index in [4.69, 9.17) is 10.5 Å². The standard InChI is InChI=1S/C16H23N3O/c1-20-13-7-8-14-15(11-13)19(16(17)18-14)10-9-12-5-3-2-4-6-12/h7-8,11-12H,2-6,9-10H2,1H3,(H2,17,18). The van der Waals surface area contributed by atoms with Gasteiger partial charge in [-0.1, -0.05) is 32.1 Å². The first kappa shape index (κ1) is 13.3. The van der Waals surface area contributed by atoms with Crippen LogP contribution in [0.1, 0.15) is 38.5 Å². The highest BCUT2D eigenvalue weighted by Crippen LogP contribution is 2.29. The van der Waals surface area contributed by atoms with E-state index in [-0.39, 0.29) is 0 Å². The van der Waals surface area contributed by atoms with Crippen LogP contribution in [-0.2, 0) is 6.54 Å². The smallest absolute Gasteiger partial charge is 0.201 e. The minimum atomic E-state index is 0.615. The zero-order valence-electron chi connectivity index (χ0n) is 12.1. The van der Waals surface area contributed by atoms with E-state index in [2.05, 4.69) is 9.55 Å². The van der Waals surface area contributed by atoms with Gasteiger partial charge in [-0.25, -0.2) is 4.98 Å². The van der Waals surface area contributed by atoms with Crippen molar-refractivity contribution >= 4 is 17.0 Å². The first-order chi connectivity index (χ1) is 9.78. The second-order valence-electron chi connectivity index (χ2n) is 5.77. The molecule has 4 nitrogen and oxygen atoms in total. The lowest BCUT2D eigenvalue weighted by atomic mass is 9.87. The van der Waals surface area contributed by atoms with Crippen LogP contribution in [0.25, 0.3) is 11.0 Å². The Bertz CT molecular complexity index is 585. The van der Waals surface area contributed by atoms with Crippen molar-refractivity contribution in [1.29, 1.82) is 0 Å². The van der Waals surface area contributed by atoms with Crippen LogP contribution in [0.3, 0.4) is 0 Å². The van der Waals surface area contributed by atoms with Gasteiger partial charge in [0.1, 0.15) is 5.75 Å². The van der Waals surface area contributed by atoms with Crippen molar-refractivity contribution in [1.82, 2.24) is 9.55 Å². The van der Waals surface area contributed by atoms with Gasteiger partial charge in [0.2, 0.25) is 5.95 Å². The number of aromatic nitrogens is 2. The summed E-state index contributed by atoms with van der Waals surface area (Å²) in [6.45, 7) is 0.958. The highest BCUT2D eigenvalue weighted by atomic mass is 16.5. The van der Waals surface area contributed by atoms with Crippen LogP contribution in [0.15, 0.2) is 18.2 Å². The van der Waals surface area contributed by atoms with Crippen molar-refractivity contribution in [3.05, 3.63) is 18.2 Å². The zero-order chi connectivity index (χ0) is 13.9. The Hall–Kier alpha value is -1.71. The van der Waals surface area contributed by atoms with Crippen molar-refractivity contribution < 1.29 is 4.74 Å². The number of anilines is 1. The number of nitrogen functional groups attached to an aromatic ring is 1. The molecule has 1 aliphatic rings. The predicted molar refractivity (Wildman–Crippen MR) is 81.9 cm³/mol. The molecule has 1 aromatic carbocycles. The highest BCUT2D eigenvalue weighted by Gasteiger charge is 2.15. The molecule has 0 unspecified atom stereocenters. The predicted octanol–water partition coefficient (Wildman–Crippen LogP) is 3.60. The second kappa shape index (κ2) is 5.73. The molecule has 2 N–H and O–H groups in total. The number of nitrogens with two attached hydrogens (primary N) is 1. The van der Waals surface area contributed by atoms with Crippen LogP contribution >= 0.6 is 0 Å². The van der Waals surface area contributed by atoms with Crippen LogP contribution in [0, 0.1) is 5.92 Å². The van der Waals surface area contributed by atoms with E-state index in [0.717, 1.165) is 29.2 Å². The van der Waals surface area contributed by atoms with Crippen LogP contribution in [-0.4, -0.2) is 16.7 Å². The van der Waals surface area contributed by atoms with Gasteiger partial charge in [-0.3, -0.25) is 0 Å². The number of aryl methyl sites for hydroxylation is 1. The molecule has 3 rings (SSSR count). The van der Waals surface area contributed by atoms with Crippen molar-refractivity contribution in [2.75, 3.05) is 12.8 Å². The quantitative estimate of drug-likeness (QED) is 0.926. The SMILES string of the molecule is COc1ccc2nc(N)n(CCC3CCCCC3)c2c1. The van der Waals surface area contributed by atoms with Gasteiger partial charge in [0.25, 0.3) is 0 Å². The number of fused-ring (bicyclic) bond motifs is 1. The molecular weight excluding hydrogens is 250 g/mol. The Morgan fingerprint density at radius 2 is 2.10 bits per heavy atom. The topological polar surface area (TPSA) is 53.1 Å². The van der Waals surface area contributed by atoms with Crippen LogP contribution < -0.4 is 10.5 Å². The fraction of sp³-hybridized carbons (Fsp3) is 0.562. The summed E-state index contributed by atoms with van der Waals surface area (Å²) in [5.41, 5.74) is 8.10. The van der Waals surface area contributed by atoms with Gasteiger partial charge < -0.3 is 15.0 Å². The van der Waals surface area contributed by atoms with Gasteiger partial charge in [-0.05, 0) is 24.5 Å². The molecule has 0 atom stereocenters. The van der Waals surface area contributed by atoms with Crippen molar-refractivity contribution in [2.24, 2.45) is 5.92 Å². The third kappa shape index (κ3) is 2.60. The Morgan fingerprint density at radius 3 is 2.85 bits per heavy atom. The molecule has 108 valence electrons. The maximum Gasteiger partial charge on any atom is 0.201 e. The molecular formula is C16H23N3O. The molecule has 4 heteroatoms. The molecule has 1 saturated carbocycles. The summed E-state index contributed by atoms with van der Waals surface area (Å²) in [5, 5.41) is 0. The molecule has 0 spiro atoms. The fourth-order valence-corrected chi connectivity index (χ4v) is 3.27. The van der Waals surface area contributed by atoms with E-state index in [1.165, 1.54) is 38.5 Å². The van der Waals surface area contributed by atoms with Crippen LogP contribution in [0.4, 0.5) is 5.95 Å².